The quantitative estimate of drug-likeness (QED) is 0.227. The molecule has 8 nitrogen and oxygen atoms in total. The molecule has 1 saturated heterocycles. The van der Waals surface area contributed by atoms with Crippen LogP contribution in [0.3, 0.4) is 0 Å². The van der Waals surface area contributed by atoms with E-state index in [1.807, 2.05) is 65.7 Å². The fourth-order valence-corrected chi connectivity index (χ4v) is 7.87. The van der Waals surface area contributed by atoms with Gasteiger partial charge >= 0.3 is 0 Å². The van der Waals surface area contributed by atoms with Crippen molar-refractivity contribution in [2.45, 2.75) is 17.5 Å². The van der Waals surface area contributed by atoms with Gasteiger partial charge in [-0.1, -0.05) is 42.5 Å². The van der Waals surface area contributed by atoms with Crippen LogP contribution in [0, 0.1) is 5.92 Å². The van der Waals surface area contributed by atoms with Gasteiger partial charge in [-0.15, -0.1) is 0 Å². The monoisotopic (exact) mass is 664 g/mol. The number of carbonyl (C=O) groups excluding carboxylic acids is 3. The number of rotatable bonds is 7. The number of ether oxygens (including phenoxy) is 3. The van der Waals surface area contributed by atoms with Crippen LogP contribution in [0.2, 0.25) is 0 Å². The molecule has 4 atom stereocenters. The lowest BCUT2D eigenvalue weighted by Crippen LogP contribution is -2.49. The molecule has 3 aliphatic rings. The summed E-state index contributed by atoms with van der Waals surface area (Å²) >= 11 is 3.51. The van der Waals surface area contributed by atoms with Gasteiger partial charge in [0.1, 0.15) is 28.7 Å². The first-order valence-corrected chi connectivity index (χ1v) is 15.2. The smallest absolute Gasteiger partial charge is 0.238 e. The van der Waals surface area contributed by atoms with Crippen molar-refractivity contribution in [1.29, 1.82) is 0 Å². The minimum Gasteiger partial charge on any atom is -0.497 e. The van der Waals surface area contributed by atoms with E-state index in [2.05, 4.69) is 21.2 Å². The van der Waals surface area contributed by atoms with Crippen molar-refractivity contribution in [2.75, 3.05) is 26.6 Å². The number of para-hydroxylation sites is 1. The second-order valence-electron chi connectivity index (χ2n) is 11.2. The van der Waals surface area contributed by atoms with E-state index >= 15 is 4.79 Å². The Labute approximate surface area is 268 Å². The molecule has 0 radical (unpaired) electrons. The molecule has 0 unspecified atom stereocenters. The van der Waals surface area contributed by atoms with Gasteiger partial charge in [0, 0.05) is 17.5 Å². The summed E-state index contributed by atoms with van der Waals surface area (Å²) in [5.74, 6) is -0.858. The number of hydrogen-bond acceptors (Lipinski definition) is 7. The van der Waals surface area contributed by atoms with Gasteiger partial charge in [-0.3, -0.25) is 14.4 Å². The molecule has 4 aromatic carbocycles. The van der Waals surface area contributed by atoms with Crippen LogP contribution in [0.25, 0.3) is 6.08 Å². The predicted molar refractivity (Wildman–Crippen MR) is 173 cm³/mol. The Kier molecular flexibility index (Phi) is 7.00. The highest BCUT2D eigenvalue weighted by molar-refractivity contribution is 9.10. The second-order valence-corrected chi connectivity index (χ2v) is 12.1. The van der Waals surface area contributed by atoms with Crippen LogP contribution < -0.4 is 19.5 Å². The zero-order valence-electron chi connectivity index (χ0n) is 24.7. The number of amides is 1. The average Bonchev–Trinajstić information content (AvgIpc) is 3.55. The predicted octanol–water partition coefficient (Wildman–Crippen LogP) is 6.46. The highest BCUT2D eigenvalue weighted by Gasteiger charge is 2.71. The lowest BCUT2D eigenvalue weighted by atomic mass is 9.62. The Morgan fingerprint density at radius 3 is 2.33 bits per heavy atom. The Bertz CT molecular complexity index is 1920. The van der Waals surface area contributed by atoms with Gasteiger partial charge in [0.25, 0.3) is 0 Å². The molecule has 0 aliphatic carbocycles. The van der Waals surface area contributed by atoms with Crippen molar-refractivity contribution in [3.05, 3.63) is 123 Å². The number of ketones is 2. The Morgan fingerprint density at radius 1 is 0.844 bits per heavy atom. The van der Waals surface area contributed by atoms with Crippen molar-refractivity contribution in [3.63, 3.8) is 0 Å². The first-order valence-electron chi connectivity index (χ1n) is 14.4. The van der Waals surface area contributed by atoms with Crippen LogP contribution in [-0.2, 0) is 10.2 Å². The fraction of sp³-hybridized carbons (Fsp3) is 0.194. The minimum atomic E-state index is -1.47. The SMILES string of the molecule is COc1ccc(OC)c(C(=O)[C@@H]2[C@H](C(=O)c3ccc(OC)c(Br)c3)N3C=Cc4ccccc4[C@H]3[C@@]23C(=O)Nc2ccccc23)c1. The molecular weight excluding hydrogens is 636 g/mol. The summed E-state index contributed by atoms with van der Waals surface area (Å²) < 4.78 is 17.2. The summed E-state index contributed by atoms with van der Waals surface area (Å²) in [6.45, 7) is 0. The van der Waals surface area contributed by atoms with E-state index in [4.69, 9.17) is 14.2 Å². The number of fused-ring (bicyclic) bond motifs is 6. The zero-order valence-corrected chi connectivity index (χ0v) is 26.3. The maximum atomic E-state index is 15.2. The number of hydrogen-bond donors (Lipinski definition) is 1. The first kappa shape index (κ1) is 28.9. The molecule has 3 aliphatic heterocycles. The number of nitrogens with one attached hydrogen (secondary N) is 1. The molecule has 0 aromatic heterocycles. The summed E-state index contributed by atoms with van der Waals surface area (Å²) in [4.78, 5) is 46.7. The highest BCUT2D eigenvalue weighted by Crippen LogP contribution is 2.62. The Hall–Kier alpha value is -4.89. The molecule has 0 bridgehead atoms. The van der Waals surface area contributed by atoms with Crippen molar-refractivity contribution in [3.8, 4) is 17.2 Å². The number of methoxy groups -OCH3 is 3. The van der Waals surface area contributed by atoms with Gasteiger partial charge in [0.2, 0.25) is 5.91 Å². The number of carbonyl (C=O) groups is 3. The third kappa shape index (κ3) is 4.14. The Morgan fingerprint density at radius 2 is 1.58 bits per heavy atom. The summed E-state index contributed by atoms with van der Waals surface area (Å²) in [7, 11) is 4.55. The molecule has 7 rings (SSSR count). The Balaban J connectivity index is 1.54. The van der Waals surface area contributed by atoms with Gasteiger partial charge in [0.15, 0.2) is 11.6 Å². The van der Waals surface area contributed by atoms with E-state index in [0.29, 0.717) is 38.5 Å². The van der Waals surface area contributed by atoms with Gasteiger partial charge in [0.05, 0.1) is 43.3 Å². The summed E-state index contributed by atoms with van der Waals surface area (Å²) in [6, 6.07) is 23.6. The third-order valence-corrected chi connectivity index (χ3v) is 9.85. The van der Waals surface area contributed by atoms with Crippen molar-refractivity contribution < 1.29 is 28.6 Å². The van der Waals surface area contributed by atoms with Crippen LogP contribution in [0.4, 0.5) is 5.69 Å². The van der Waals surface area contributed by atoms with Crippen LogP contribution in [0.15, 0.2) is 95.6 Å². The van der Waals surface area contributed by atoms with E-state index in [-0.39, 0.29) is 17.3 Å². The van der Waals surface area contributed by atoms with Gasteiger partial charge in [-0.2, -0.15) is 0 Å². The van der Waals surface area contributed by atoms with Crippen LogP contribution in [-0.4, -0.2) is 49.7 Å². The third-order valence-electron chi connectivity index (χ3n) is 9.23. The largest absolute Gasteiger partial charge is 0.497 e. The molecule has 0 saturated carbocycles. The number of halogens is 1. The molecule has 1 fully saturated rings. The number of benzene rings is 4. The van der Waals surface area contributed by atoms with Gasteiger partial charge in [-0.05, 0) is 81.2 Å². The minimum absolute atomic E-state index is 0.226. The molecule has 1 N–H and O–H groups in total. The summed E-state index contributed by atoms with van der Waals surface area (Å²) in [6.07, 6.45) is 3.78. The lowest BCUT2D eigenvalue weighted by Gasteiger charge is -2.38. The molecule has 1 spiro atoms. The van der Waals surface area contributed by atoms with Crippen molar-refractivity contribution >= 4 is 45.2 Å². The second kappa shape index (κ2) is 10.9. The first-order chi connectivity index (χ1) is 21.8. The molecule has 4 aromatic rings. The average molecular weight is 666 g/mol. The molecular formula is C36H29BrN2O6. The fourth-order valence-electron chi connectivity index (χ4n) is 7.33. The van der Waals surface area contributed by atoms with Crippen LogP contribution >= 0.6 is 15.9 Å². The standard InChI is InChI=1S/C36H29BrN2O6/c1-43-22-13-15-28(44-2)24(19-22)33(41)30-31(32(40)21-12-14-29(45-3)26(37)18-21)39-17-16-20-8-4-5-9-23(20)34(39)36(30)25-10-6-7-11-27(25)38-35(36)42/h4-19,30-31,34H,1-3H3,(H,38,42)/t30-,31+,34-,36-/m0/s1. The van der Waals surface area contributed by atoms with Crippen molar-refractivity contribution in [1.82, 2.24) is 4.90 Å². The summed E-state index contributed by atoms with van der Waals surface area (Å²) in [5.41, 5.74) is 2.19. The normalized spacial score (nSPS) is 22.4. The van der Waals surface area contributed by atoms with Gasteiger partial charge in [-0.25, -0.2) is 0 Å². The van der Waals surface area contributed by atoms with Gasteiger partial charge < -0.3 is 24.4 Å². The van der Waals surface area contributed by atoms with Crippen LogP contribution in [0.1, 0.15) is 43.4 Å². The number of Topliss-reactive ketones (excluding diaryl/α,β-unsaturated/α-hetero) is 2. The van der Waals surface area contributed by atoms with E-state index in [1.54, 1.807) is 43.5 Å². The molecule has 9 heteroatoms. The van der Waals surface area contributed by atoms with E-state index < -0.39 is 29.2 Å². The number of nitrogens with zero attached hydrogens (tertiary/aromatic N) is 1. The zero-order chi connectivity index (χ0) is 31.5. The molecule has 45 heavy (non-hydrogen) atoms. The van der Waals surface area contributed by atoms with E-state index in [1.165, 1.54) is 14.2 Å². The van der Waals surface area contributed by atoms with E-state index in [0.717, 1.165) is 11.1 Å². The highest BCUT2D eigenvalue weighted by atomic mass is 79.9. The summed E-state index contributed by atoms with van der Waals surface area (Å²) in [5, 5.41) is 3.07. The lowest BCUT2D eigenvalue weighted by molar-refractivity contribution is -0.122. The maximum Gasteiger partial charge on any atom is 0.238 e. The maximum absolute atomic E-state index is 15.2. The number of anilines is 1. The van der Waals surface area contributed by atoms with E-state index in [9.17, 15) is 9.59 Å². The van der Waals surface area contributed by atoms with Crippen LogP contribution in [0.5, 0.6) is 17.2 Å². The molecule has 3 heterocycles. The molecule has 226 valence electrons. The molecule has 1 amide bonds. The topological polar surface area (TPSA) is 94.2 Å². The van der Waals surface area contributed by atoms with Crippen molar-refractivity contribution in [2.24, 2.45) is 5.92 Å².